The second kappa shape index (κ2) is 12.6. The molecule has 1 rings (SSSR count). The van der Waals surface area contributed by atoms with Crippen LogP contribution >= 0.6 is 24.0 Å². The monoisotopic (exact) mass is 484 g/mol. The molecule has 0 bridgehead atoms. The molecule has 26 heavy (non-hydrogen) atoms. The molecular weight excluding hydrogens is 447 g/mol. The van der Waals surface area contributed by atoms with Gasteiger partial charge in [0.25, 0.3) is 0 Å². The number of nitrogens with one attached hydrogen (secondary N) is 2. The van der Waals surface area contributed by atoms with Gasteiger partial charge in [0.05, 0.1) is 6.10 Å². The molecule has 1 atom stereocenters. The predicted octanol–water partition coefficient (Wildman–Crippen LogP) is 2.98. The van der Waals surface area contributed by atoms with E-state index in [1.165, 1.54) is 0 Å². The van der Waals surface area contributed by atoms with Gasteiger partial charge in [-0.2, -0.15) is 0 Å². The Morgan fingerprint density at radius 2 is 2.04 bits per heavy atom. The molecule has 1 amide bonds. The van der Waals surface area contributed by atoms with E-state index in [1.807, 2.05) is 34.6 Å². The maximum absolute atomic E-state index is 12.3. The minimum Gasteiger partial charge on any atom is -0.444 e. The smallest absolute Gasteiger partial charge is 0.410 e. The van der Waals surface area contributed by atoms with Crippen molar-refractivity contribution in [1.29, 1.82) is 0 Å². The number of halogens is 1. The van der Waals surface area contributed by atoms with Crippen LogP contribution in [0.15, 0.2) is 4.99 Å². The number of nitrogens with zero attached hydrogens (tertiary/aromatic N) is 2. The number of carbonyl (C=O) groups is 1. The van der Waals surface area contributed by atoms with Gasteiger partial charge in [0.15, 0.2) is 5.96 Å². The first kappa shape index (κ1) is 25.2. The molecule has 1 heterocycles. The van der Waals surface area contributed by atoms with Crippen molar-refractivity contribution < 1.29 is 14.3 Å². The van der Waals surface area contributed by atoms with Crippen LogP contribution < -0.4 is 10.6 Å². The summed E-state index contributed by atoms with van der Waals surface area (Å²) >= 11 is 0. The summed E-state index contributed by atoms with van der Waals surface area (Å²) in [7, 11) is 1.76. The Hall–Kier alpha value is -0.770. The minimum atomic E-state index is -0.475. The maximum Gasteiger partial charge on any atom is 0.410 e. The summed E-state index contributed by atoms with van der Waals surface area (Å²) in [4.78, 5) is 18.2. The Kier molecular flexibility index (Phi) is 12.2. The summed E-state index contributed by atoms with van der Waals surface area (Å²) in [5, 5.41) is 6.56. The quantitative estimate of drug-likeness (QED) is 0.252. The number of hydrogen-bond donors (Lipinski definition) is 2. The zero-order valence-corrected chi connectivity index (χ0v) is 19.5. The van der Waals surface area contributed by atoms with E-state index in [9.17, 15) is 4.79 Å². The highest BCUT2D eigenvalue weighted by molar-refractivity contribution is 14.0. The highest BCUT2D eigenvalue weighted by atomic mass is 127. The van der Waals surface area contributed by atoms with Crippen LogP contribution in [0.3, 0.4) is 0 Å². The van der Waals surface area contributed by atoms with Crippen molar-refractivity contribution in [2.45, 2.75) is 71.6 Å². The van der Waals surface area contributed by atoms with Gasteiger partial charge in [0, 0.05) is 39.3 Å². The molecule has 1 unspecified atom stereocenters. The number of carbonyl (C=O) groups excluding carboxylic acids is 1. The lowest BCUT2D eigenvalue weighted by Gasteiger charge is -2.30. The molecule has 1 aliphatic rings. The van der Waals surface area contributed by atoms with Gasteiger partial charge in [-0.05, 0) is 53.9 Å². The molecule has 1 saturated heterocycles. The van der Waals surface area contributed by atoms with Gasteiger partial charge in [-0.3, -0.25) is 4.99 Å². The van der Waals surface area contributed by atoms with E-state index >= 15 is 0 Å². The largest absolute Gasteiger partial charge is 0.444 e. The van der Waals surface area contributed by atoms with E-state index in [0.717, 1.165) is 44.9 Å². The van der Waals surface area contributed by atoms with Crippen LogP contribution in [-0.4, -0.2) is 68.0 Å². The van der Waals surface area contributed by atoms with Gasteiger partial charge >= 0.3 is 6.09 Å². The average Bonchev–Trinajstić information content (AvgIpc) is 3.01. The van der Waals surface area contributed by atoms with E-state index in [2.05, 4.69) is 15.6 Å². The average molecular weight is 484 g/mol. The fraction of sp³-hybridized carbons (Fsp3) is 0.889. The lowest BCUT2D eigenvalue weighted by molar-refractivity contribution is 0.0190. The van der Waals surface area contributed by atoms with Crippen molar-refractivity contribution >= 4 is 36.0 Å². The Morgan fingerprint density at radius 3 is 2.54 bits per heavy atom. The van der Waals surface area contributed by atoms with Crippen molar-refractivity contribution in [3.05, 3.63) is 0 Å². The van der Waals surface area contributed by atoms with Gasteiger partial charge in [0.1, 0.15) is 5.60 Å². The number of ether oxygens (including phenoxy) is 2. The molecule has 0 aromatic heterocycles. The molecule has 7 nitrogen and oxygen atoms in total. The fourth-order valence-corrected chi connectivity index (χ4v) is 2.57. The summed E-state index contributed by atoms with van der Waals surface area (Å²) in [5.74, 6) is 0.767. The van der Waals surface area contributed by atoms with Crippen LogP contribution in [0.5, 0.6) is 0 Å². The highest BCUT2D eigenvalue weighted by Crippen LogP contribution is 2.12. The first-order chi connectivity index (χ1) is 11.7. The third-order valence-electron chi connectivity index (χ3n) is 3.86. The van der Waals surface area contributed by atoms with Crippen LogP contribution in [0.2, 0.25) is 0 Å². The summed E-state index contributed by atoms with van der Waals surface area (Å²) in [6.07, 6.45) is 3.07. The second-order valence-electron chi connectivity index (χ2n) is 7.64. The van der Waals surface area contributed by atoms with Crippen molar-refractivity contribution in [1.82, 2.24) is 15.5 Å². The number of amides is 1. The van der Waals surface area contributed by atoms with E-state index in [4.69, 9.17) is 9.47 Å². The number of hydrogen-bond acceptors (Lipinski definition) is 4. The Labute approximate surface area is 175 Å². The topological polar surface area (TPSA) is 75.2 Å². The van der Waals surface area contributed by atoms with Crippen molar-refractivity contribution in [3.63, 3.8) is 0 Å². The van der Waals surface area contributed by atoms with Crippen LogP contribution in [0.4, 0.5) is 4.79 Å². The number of rotatable bonds is 7. The van der Waals surface area contributed by atoms with Crippen LogP contribution in [-0.2, 0) is 9.47 Å². The van der Waals surface area contributed by atoms with Crippen molar-refractivity contribution in [2.75, 3.05) is 33.3 Å². The molecule has 1 fully saturated rings. The molecule has 154 valence electrons. The summed E-state index contributed by atoms with van der Waals surface area (Å²) in [6.45, 7) is 12.7. The Balaban J connectivity index is 0.00000625. The van der Waals surface area contributed by atoms with Gasteiger partial charge < -0.3 is 25.0 Å². The normalized spacial score (nSPS) is 17.7. The minimum absolute atomic E-state index is 0. The summed E-state index contributed by atoms with van der Waals surface area (Å²) in [5.41, 5.74) is -0.475. The van der Waals surface area contributed by atoms with E-state index < -0.39 is 5.60 Å². The van der Waals surface area contributed by atoms with Crippen molar-refractivity contribution in [3.8, 4) is 0 Å². The molecule has 8 heteroatoms. The highest BCUT2D eigenvalue weighted by Gasteiger charge is 2.23. The van der Waals surface area contributed by atoms with E-state index in [-0.39, 0.29) is 42.2 Å². The third-order valence-corrected chi connectivity index (χ3v) is 3.86. The van der Waals surface area contributed by atoms with E-state index in [1.54, 1.807) is 11.9 Å². The van der Waals surface area contributed by atoms with Crippen LogP contribution in [0.25, 0.3) is 0 Å². The molecular formula is C18H37IN4O3. The Morgan fingerprint density at radius 1 is 1.35 bits per heavy atom. The number of guanidine groups is 1. The van der Waals surface area contributed by atoms with Crippen LogP contribution in [0.1, 0.15) is 53.9 Å². The van der Waals surface area contributed by atoms with Gasteiger partial charge in [-0.15, -0.1) is 24.0 Å². The molecule has 0 aromatic rings. The molecule has 2 N–H and O–H groups in total. The fourth-order valence-electron chi connectivity index (χ4n) is 2.57. The zero-order chi connectivity index (χ0) is 18.9. The van der Waals surface area contributed by atoms with Gasteiger partial charge in [0.2, 0.25) is 0 Å². The molecule has 0 spiro atoms. The predicted molar refractivity (Wildman–Crippen MR) is 116 cm³/mol. The SMILES string of the molecule is CN=C(NCCCN(C(=O)OC(C)(C)C)C(C)C)NCC1CCCO1.I. The third kappa shape index (κ3) is 10.4. The Bertz CT molecular complexity index is 433. The molecule has 0 saturated carbocycles. The van der Waals surface area contributed by atoms with E-state index in [0.29, 0.717) is 6.54 Å². The first-order valence-corrected chi connectivity index (χ1v) is 9.28. The summed E-state index contributed by atoms with van der Waals surface area (Å²) in [6, 6.07) is 0.104. The summed E-state index contributed by atoms with van der Waals surface area (Å²) < 4.78 is 11.1. The first-order valence-electron chi connectivity index (χ1n) is 9.28. The molecule has 0 aromatic carbocycles. The van der Waals surface area contributed by atoms with Gasteiger partial charge in [-0.1, -0.05) is 0 Å². The number of aliphatic imine (C=N–C) groups is 1. The molecule has 0 radical (unpaired) electrons. The molecule has 0 aliphatic carbocycles. The lowest BCUT2D eigenvalue weighted by atomic mass is 10.2. The maximum atomic E-state index is 12.3. The van der Waals surface area contributed by atoms with Gasteiger partial charge in [-0.25, -0.2) is 4.79 Å². The van der Waals surface area contributed by atoms with Crippen molar-refractivity contribution in [2.24, 2.45) is 4.99 Å². The second-order valence-corrected chi connectivity index (χ2v) is 7.64. The van der Waals surface area contributed by atoms with Crippen LogP contribution in [0, 0.1) is 0 Å². The lowest BCUT2D eigenvalue weighted by Crippen LogP contribution is -2.44. The zero-order valence-electron chi connectivity index (χ0n) is 17.1. The molecule has 1 aliphatic heterocycles. The standard InChI is InChI=1S/C18H36N4O3.HI/c1-14(2)22(17(23)25-18(3,4)5)11-8-10-20-16(19-6)21-13-15-9-7-12-24-15;/h14-15H,7-13H2,1-6H3,(H2,19,20,21);1H.